The smallest absolute Gasteiger partial charge is 0.198 e. The van der Waals surface area contributed by atoms with Crippen molar-refractivity contribution in [2.24, 2.45) is 0 Å². The molecule has 2 aromatic rings. The Bertz CT molecular complexity index is 620. The van der Waals surface area contributed by atoms with Crippen molar-refractivity contribution in [3.8, 4) is 0 Å². The van der Waals surface area contributed by atoms with E-state index in [1.807, 2.05) is 60.7 Å². The molecule has 0 radical (unpaired) electrons. The van der Waals surface area contributed by atoms with E-state index in [4.69, 9.17) is 0 Å². The number of hydrogen-bond acceptors (Lipinski definition) is 3. The zero-order valence-corrected chi connectivity index (χ0v) is 12.5. The van der Waals surface area contributed by atoms with Gasteiger partial charge >= 0.3 is 0 Å². The average molecular weight is 294 g/mol. The lowest BCUT2D eigenvalue weighted by atomic mass is 9.85. The molecule has 2 aromatic carbocycles. The van der Waals surface area contributed by atoms with Crippen LogP contribution in [-0.4, -0.2) is 17.3 Å². The van der Waals surface area contributed by atoms with Gasteiger partial charge in [0.15, 0.2) is 11.6 Å². The van der Waals surface area contributed by atoms with E-state index >= 15 is 0 Å². The van der Waals surface area contributed by atoms with Gasteiger partial charge in [0.25, 0.3) is 0 Å². The zero-order chi connectivity index (χ0) is 15.9. The average Bonchev–Trinajstić information content (AvgIpc) is 2.54. The minimum Gasteiger partial charge on any atom is -0.299 e. The summed E-state index contributed by atoms with van der Waals surface area (Å²) in [6.45, 7) is 1.23. The Morgan fingerprint density at radius 3 is 1.64 bits per heavy atom. The fourth-order valence-corrected chi connectivity index (χ4v) is 2.41. The molecular formula is C19H18O3. The third-order valence-electron chi connectivity index (χ3n) is 3.58. The highest BCUT2D eigenvalue weighted by Crippen LogP contribution is 2.27. The number of benzene rings is 2. The Kier molecular flexibility index (Phi) is 5.37. The fraction of sp³-hybridized carbons (Fsp3) is 0.211. The van der Waals surface area contributed by atoms with Gasteiger partial charge < -0.3 is 0 Å². The van der Waals surface area contributed by atoms with Gasteiger partial charge in [-0.05, 0) is 11.1 Å². The van der Waals surface area contributed by atoms with Crippen LogP contribution in [-0.2, 0) is 14.4 Å². The van der Waals surface area contributed by atoms with E-state index in [2.05, 4.69) is 0 Å². The number of hydrogen-bond donors (Lipinski definition) is 0. The largest absolute Gasteiger partial charge is 0.299 e. The lowest BCUT2D eigenvalue weighted by Gasteiger charge is -2.16. The maximum absolute atomic E-state index is 12.6. The highest BCUT2D eigenvalue weighted by Gasteiger charge is 2.23. The molecule has 22 heavy (non-hydrogen) atoms. The zero-order valence-electron chi connectivity index (χ0n) is 12.5. The lowest BCUT2D eigenvalue weighted by molar-refractivity contribution is -0.136. The second kappa shape index (κ2) is 7.46. The fourth-order valence-electron chi connectivity index (χ4n) is 2.41. The van der Waals surface area contributed by atoms with E-state index in [1.54, 1.807) is 0 Å². The Morgan fingerprint density at radius 2 is 1.23 bits per heavy atom. The third kappa shape index (κ3) is 3.98. The Balaban J connectivity index is 2.24. The molecule has 0 aliphatic carbocycles. The van der Waals surface area contributed by atoms with Crippen molar-refractivity contribution in [2.45, 2.75) is 25.7 Å². The summed E-state index contributed by atoms with van der Waals surface area (Å²) in [6, 6.07) is 19.0. The molecule has 112 valence electrons. The quantitative estimate of drug-likeness (QED) is 0.736. The monoisotopic (exact) mass is 294 g/mol. The minimum absolute atomic E-state index is 0.0235. The summed E-state index contributed by atoms with van der Waals surface area (Å²) < 4.78 is 0. The molecule has 0 heterocycles. The SMILES string of the molecule is CC(=O)C(=O)CCC(=O)C(c1ccccc1)c1ccccc1. The van der Waals surface area contributed by atoms with Crippen LogP contribution < -0.4 is 0 Å². The van der Waals surface area contributed by atoms with E-state index in [1.165, 1.54) is 6.92 Å². The first kappa shape index (κ1) is 15.8. The minimum atomic E-state index is -0.497. The molecule has 3 nitrogen and oxygen atoms in total. The Morgan fingerprint density at radius 1 is 0.773 bits per heavy atom. The van der Waals surface area contributed by atoms with E-state index in [9.17, 15) is 14.4 Å². The second-order valence-electron chi connectivity index (χ2n) is 5.20. The normalized spacial score (nSPS) is 10.5. The molecule has 0 aromatic heterocycles. The van der Waals surface area contributed by atoms with Crippen molar-refractivity contribution >= 4 is 17.3 Å². The van der Waals surface area contributed by atoms with Crippen molar-refractivity contribution < 1.29 is 14.4 Å². The van der Waals surface area contributed by atoms with E-state index < -0.39 is 17.5 Å². The van der Waals surface area contributed by atoms with Gasteiger partial charge in [0, 0.05) is 19.8 Å². The molecule has 3 heteroatoms. The summed E-state index contributed by atoms with van der Waals surface area (Å²) in [5.41, 5.74) is 1.79. The summed E-state index contributed by atoms with van der Waals surface area (Å²) in [5, 5.41) is 0. The van der Waals surface area contributed by atoms with Gasteiger partial charge in [-0.1, -0.05) is 60.7 Å². The van der Waals surface area contributed by atoms with Gasteiger partial charge in [0.05, 0.1) is 5.92 Å². The van der Waals surface area contributed by atoms with Crippen LogP contribution in [0.25, 0.3) is 0 Å². The van der Waals surface area contributed by atoms with Crippen LogP contribution in [0.15, 0.2) is 60.7 Å². The number of carbonyl (C=O) groups is 3. The molecule has 0 aliphatic rings. The van der Waals surface area contributed by atoms with Crippen LogP contribution in [0.3, 0.4) is 0 Å². The van der Waals surface area contributed by atoms with E-state index in [0.29, 0.717) is 0 Å². The molecule has 2 rings (SSSR count). The summed E-state index contributed by atoms with van der Waals surface area (Å²) in [7, 11) is 0. The highest BCUT2D eigenvalue weighted by molar-refractivity contribution is 6.36. The maximum Gasteiger partial charge on any atom is 0.198 e. The maximum atomic E-state index is 12.6. The van der Waals surface area contributed by atoms with E-state index in [0.717, 1.165) is 11.1 Å². The summed E-state index contributed by atoms with van der Waals surface area (Å²) in [5.74, 6) is -1.44. The van der Waals surface area contributed by atoms with Gasteiger partial charge in [-0.2, -0.15) is 0 Å². The van der Waals surface area contributed by atoms with Gasteiger partial charge in [0.2, 0.25) is 0 Å². The van der Waals surface area contributed by atoms with Gasteiger partial charge in [-0.25, -0.2) is 0 Å². The Labute approximate surface area is 130 Å². The standard InChI is InChI=1S/C19H18O3/c1-14(20)17(21)12-13-18(22)19(15-8-4-2-5-9-15)16-10-6-3-7-11-16/h2-11,19H,12-13H2,1H3. The summed E-state index contributed by atoms with van der Waals surface area (Å²) >= 11 is 0. The summed E-state index contributed by atoms with van der Waals surface area (Å²) in [6.07, 6.45) is 0.0528. The predicted molar refractivity (Wildman–Crippen MR) is 84.7 cm³/mol. The molecule has 0 fully saturated rings. The topological polar surface area (TPSA) is 51.2 Å². The summed E-state index contributed by atoms with van der Waals surface area (Å²) in [4.78, 5) is 35.1. The highest BCUT2D eigenvalue weighted by atomic mass is 16.2. The second-order valence-corrected chi connectivity index (χ2v) is 5.20. The van der Waals surface area contributed by atoms with Crippen molar-refractivity contribution in [2.75, 3.05) is 0 Å². The molecular weight excluding hydrogens is 276 g/mol. The first-order valence-electron chi connectivity index (χ1n) is 7.26. The van der Waals surface area contributed by atoms with Crippen LogP contribution in [0.5, 0.6) is 0 Å². The number of Topliss-reactive ketones (excluding diaryl/α,β-unsaturated/α-hetero) is 3. The molecule has 0 amide bonds. The van der Waals surface area contributed by atoms with Crippen LogP contribution >= 0.6 is 0 Å². The third-order valence-corrected chi connectivity index (χ3v) is 3.58. The van der Waals surface area contributed by atoms with Gasteiger partial charge in [-0.3, -0.25) is 14.4 Å². The molecule has 0 bridgehead atoms. The molecule has 0 unspecified atom stereocenters. The van der Waals surface area contributed by atoms with Crippen LogP contribution in [0, 0.1) is 0 Å². The molecule has 0 spiro atoms. The molecule has 0 atom stereocenters. The molecule has 0 saturated heterocycles. The molecule has 0 N–H and O–H groups in total. The number of ketones is 3. The molecule has 0 aliphatic heterocycles. The van der Waals surface area contributed by atoms with Crippen LogP contribution in [0.4, 0.5) is 0 Å². The number of rotatable bonds is 7. The van der Waals surface area contributed by atoms with Crippen molar-refractivity contribution in [1.29, 1.82) is 0 Å². The number of carbonyl (C=O) groups excluding carboxylic acids is 3. The van der Waals surface area contributed by atoms with Crippen LogP contribution in [0.1, 0.15) is 36.8 Å². The van der Waals surface area contributed by atoms with Crippen molar-refractivity contribution in [3.63, 3.8) is 0 Å². The molecule has 0 saturated carbocycles. The Hall–Kier alpha value is -2.55. The first-order valence-corrected chi connectivity index (χ1v) is 7.26. The van der Waals surface area contributed by atoms with Gasteiger partial charge in [0.1, 0.15) is 5.78 Å². The van der Waals surface area contributed by atoms with E-state index in [-0.39, 0.29) is 18.6 Å². The van der Waals surface area contributed by atoms with Crippen molar-refractivity contribution in [3.05, 3.63) is 71.8 Å². The first-order chi connectivity index (χ1) is 10.6. The van der Waals surface area contributed by atoms with Gasteiger partial charge in [-0.15, -0.1) is 0 Å². The lowest BCUT2D eigenvalue weighted by Crippen LogP contribution is -2.17. The predicted octanol–water partition coefficient (Wildman–Crippen LogP) is 3.33. The van der Waals surface area contributed by atoms with Crippen molar-refractivity contribution in [1.82, 2.24) is 0 Å². The van der Waals surface area contributed by atoms with Crippen LogP contribution in [0.2, 0.25) is 0 Å².